The van der Waals surface area contributed by atoms with Gasteiger partial charge in [-0.2, -0.15) is 0 Å². The summed E-state index contributed by atoms with van der Waals surface area (Å²) in [6.07, 6.45) is 1.61. The lowest BCUT2D eigenvalue weighted by Crippen LogP contribution is -2.15. The van der Waals surface area contributed by atoms with Crippen LogP contribution in [0.5, 0.6) is 0 Å². The number of fused-ring (bicyclic) bond motifs is 1. The second kappa shape index (κ2) is 6.69. The van der Waals surface area contributed by atoms with Gasteiger partial charge in [0.2, 0.25) is 0 Å². The lowest BCUT2D eigenvalue weighted by molar-refractivity contribution is -0.146. The van der Waals surface area contributed by atoms with Crippen LogP contribution in [0.2, 0.25) is 0 Å². The molecule has 0 aliphatic rings. The zero-order valence-corrected chi connectivity index (χ0v) is 14.0. The zero-order chi connectivity index (χ0) is 18.0. The molecule has 1 heterocycles. The maximum absolute atomic E-state index is 12.3. The minimum atomic E-state index is -1.49. The van der Waals surface area contributed by atoms with Crippen LogP contribution in [-0.2, 0) is 9.59 Å². The van der Waals surface area contributed by atoms with E-state index in [1.54, 1.807) is 12.1 Å². The molecule has 3 rings (SSSR count). The summed E-state index contributed by atoms with van der Waals surface area (Å²) in [5, 5.41) is 10.1. The number of hydrogen-bond acceptors (Lipinski definition) is 3. The van der Waals surface area contributed by atoms with E-state index in [-0.39, 0.29) is 5.57 Å². The van der Waals surface area contributed by atoms with Gasteiger partial charge in [0.1, 0.15) is 0 Å². The predicted molar refractivity (Wildman–Crippen MR) is 98.2 cm³/mol. The number of aliphatic carboxylic acids is 1. The highest BCUT2D eigenvalue weighted by molar-refractivity contribution is 6.52. The highest BCUT2D eigenvalue weighted by atomic mass is 16.4. The zero-order valence-electron chi connectivity index (χ0n) is 14.0. The van der Waals surface area contributed by atoms with Gasteiger partial charge in [-0.1, -0.05) is 48.0 Å². The van der Waals surface area contributed by atoms with Crippen LogP contribution >= 0.6 is 0 Å². The molecule has 0 amide bonds. The van der Waals surface area contributed by atoms with Crippen LogP contribution in [-0.4, -0.2) is 21.8 Å². The number of rotatable bonds is 4. The Kier molecular flexibility index (Phi) is 4.44. The fourth-order valence-electron chi connectivity index (χ4n) is 2.66. The summed E-state index contributed by atoms with van der Waals surface area (Å²) >= 11 is 0. The molecule has 1 aromatic heterocycles. The third kappa shape index (κ3) is 3.48. The third-order valence-electron chi connectivity index (χ3n) is 4.05. The molecular formula is C21H17NO3. The predicted octanol–water partition coefficient (Wildman–Crippen LogP) is 4.05. The van der Waals surface area contributed by atoms with Crippen LogP contribution in [0.15, 0.2) is 54.6 Å². The van der Waals surface area contributed by atoms with Crippen LogP contribution < -0.4 is 0 Å². The molecule has 0 spiro atoms. The Balaban J connectivity index is 2.20. The van der Waals surface area contributed by atoms with Crippen molar-refractivity contribution in [3.63, 3.8) is 0 Å². The summed E-state index contributed by atoms with van der Waals surface area (Å²) in [4.78, 5) is 28.0. The number of Topliss-reactive ketones (excluding diaryl/α,β-unsaturated/α-hetero) is 1. The molecule has 0 saturated carbocycles. The van der Waals surface area contributed by atoms with E-state index < -0.39 is 11.8 Å². The van der Waals surface area contributed by atoms with E-state index in [1.807, 2.05) is 62.4 Å². The Labute approximate surface area is 145 Å². The van der Waals surface area contributed by atoms with Crippen molar-refractivity contribution in [1.82, 2.24) is 4.98 Å². The monoisotopic (exact) mass is 331 g/mol. The molecule has 0 aliphatic carbocycles. The van der Waals surface area contributed by atoms with Crippen molar-refractivity contribution < 1.29 is 14.7 Å². The van der Waals surface area contributed by atoms with E-state index in [9.17, 15) is 14.7 Å². The van der Waals surface area contributed by atoms with Gasteiger partial charge >= 0.3 is 5.97 Å². The van der Waals surface area contributed by atoms with Crippen LogP contribution in [0.4, 0.5) is 0 Å². The van der Waals surface area contributed by atoms with Gasteiger partial charge in [-0.15, -0.1) is 0 Å². The average Bonchev–Trinajstić information content (AvgIpc) is 2.61. The molecule has 0 saturated heterocycles. The first-order valence-corrected chi connectivity index (χ1v) is 7.88. The number of aromatic nitrogens is 1. The van der Waals surface area contributed by atoms with Crippen LogP contribution in [0, 0.1) is 13.8 Å². The van der Waals surface area contributed by atoms with Gasteiger partial charge in [0.15, 0.2) is 0 Å². The van der Waals surface area contributed by atoms with Crippen molar-refractivity contribution >= 4 is 34.3 Å². The highest BCUT2D eigenvalue weighted by Gasteiger charge is 2.21. The summed E-state index contributed by atoms with van der Waals surface area (Å²) in [6.45, 7) is 3.87. The number of nitrogens with zero attached hydrogens (tertiary/aromatic N) is 1. The summed E-state index contributed by atoms with van der Waals surface area (Å²) in [6, 6.07) is 16.9. The molecule has 0 unspecified atom stereocenters. The molecule has 2 aromatic carbocycles. The lowest BCUT2D eigenvalue weighted by Gasteiger charge is -2.08. The first-order valence-electron chi connectivity index (χ1n) is 7.88. The summed E-state index contributed by atoms with van der Waals surface area (Å²) < 4.78 is 0. The molecular weight excluding hydrogens is 314 g/mol. The van der Waals surface area contributed by atoms with Gasteiger partial charge in [-0.05, 0) is 43.2 Å². The smallest absolute Gasteiger partial charge is 0.377 e. The van der Waals surface area contributed by atoms with Gasteiger partial charge in [-0.3, -0.25) is 4.79 Å². The number of ketones is 1. The molecule has 0 fully saturated rings. The average molecular weight is 331 g/mol. The van der Waals surface area contributed by atoms with Crippen molar-refractivity contribution in [2.24, 2.45) is 0 Å². The number of carboxylic acid groups (broad SMARTS) is 1. The maximum Gasteiger partial charge on any atom is 0.377 e. The van der Waals surface area contributed by atoms with Crippen LogP contribution in [0.25, 0.3) is 22.6 Å². The molecule has 25 heavy (non-hydrogen) atoms. The van der Waals surface area contributed by atoms with Crippen molar-refractivity contribution in [3.05, 3.63) is 77.0 Å². The summed E-state index contributed by atoms with van der Waals surface area (Å²) in [5.74, 6) is -2.46. The largest absolute Gasteiger partial charge is 0.475 e. The summed E-state index contributed by atoms with van der Waals surface area (Å²) in [7, 11) is 0. The fourth-order valence-corrected chi connectivity index (χ4v) is 2.66. The minimum Gasteiger partial charge on any atom is -0.475 e. The number of carboxylic acids is 1. The number of para-hydroxylation sites is 1. The van der Waals surface area contributed by atoms with Crippen LogP contribution in [0.1, 0.15) is 22.4 Å². The van der Waals surface area contributed by atoms with E-state index in [0.717, 1.165) is 22.1 Å². The molecule has 3 aromatic rings. The van der Waals surface area contributed by atoms with Gasteiger partial charge in [0, 0.05) is 5.39 Å². The van der Waals surface area contributed by atoms with E-state index in [4.69, 9.17) is 0 Å². The van der Waals surface area contributed by atoms with Crippen molar-refractivity contribution in [2.45, 2.75) is 13.8 Å². The summed E-state index contributed by atoms with van der Waals surface area (Å²) in [5.41, 5.74) is 3.94. The second-order valence-corrected chi connectivity index (χ2v) is 5.94. The number of carbonyl (C=O) groups is 2. The van der Waals surface area contributed by atoms with Crippen molar-refractivity contribution in [3.8, 4) is 0 Å². The van der Waals surface area contributed by atoms with Gasteiger partial charge in [-0.25, -0.2) is 9.78 Å². The first-order chi connectivity index (χ1) is 12.0. The molecule has 4 nitrogen and oxygen atoms in total. The number of benzene rings is 2. The third-order valence-corrected chi connectivity index (χ3v) is 4.05. The van der Waals surface area contributed by atoms with Gasteiger partial charge in [0.25, 0.3) is 5.78 Å². The fraction of sp³-hybridized carbons (Fsp3) is 0.0952. The standard InChI is InChI=1S/C21H17NO3/c1-13-7-8-14(2)16(11-13)12-17(20(23)21(24)25)19-10-9-15-5-3-4-6-18(15)22-19/h3-12H,1-2H3,(H,24,25)/b17-12-. The molecule has 124 valence electrons. The lowest BCUT2D eigenvalue weighted by atomic mass is 9.98. The van der Waals surface area contributed by atoms with Crippen molar-refractivity contribution in [1.29, 1.82) is 0 Å². The number of hydrogen-bond donors (Lipinski definition) is 1. The number of pyridine rings is 1. The first kappa shape index (κ1) is 16.6. The Morgan fingerprint density at radius 3 is 2.52 bits per heavy atom. The molecule has 0 bridgehead atoms. The molecule has 0 radical (unpaired) electrons. The number of carbonyl (C=O) groups excluding carboxylic acids is 1. The van der Waals surface area contributed by atoms with Crippen molar-refractivity contribution in [2.75, 3.05) is 0 Å². The normalized spacial score (nSPS) is 11.5. The number of aryl methyl sites for hydroxylation is 2. The van der Waals surface area contributed by atoms with E-state index in [1.165, 1.54) is 0 Å². The maximum atomic E-state index is 12.3. The minimum absolute atomic E-state index is 0.0759. The Morgan fingerprint density at radius 2 is 1.76 bits per heavy atom. The van der Waals surface area contributed by atoms with E-state index in [0.29, 0.717) is 11.2 Å². The van der Waals surface area contributed by atoms with Gasteiger partial charge in [0.05, 0.1) is 16.8 Å². The Hall–Kier alpha value is -3.27. The topological polar surface area (TPSA) is 67.3 Å². The molecule has 0 atom stereocenters. The Bertz CT molecular complexity index is 1020. The highest BCUT2D eigenvalue weighted by Crippen LogP contribution is 2.23. The van der Waals surface area contributed by atoms with E-state index in [2.05, 4.69) is 4.98 Å². The van der Waals surface area contributed by atoms with Gasteiger partial charge < -0.3 is 5.11 Å². The SMILES string of the molecule is Cc1ccc(C)c(/C=C(\C(=O)C(=O)O)c2ccc3ccccc3n2)c1. The van der Waals surface area contributed by atoms with Crippen LogP contribution in [0.3, 0.4) is 0 Å². The quantitative estimate of drug-likeness (QED) is 0.578. The molecule has 4 heteroatoms. The Morgan fingerprint density at radius 1 is 1.00 bits per heavy atom. The second-order valence-electron chi connectivity index (χ2n) is 5.94. The molecule has 0 aliphatic heterocycles. The van der Waals surface area contributed by atoms with E-state index >= 15 is 0 Å². The molecule has 1 N–H and O–H groups in total.